The first-order chi connectivity index (χ1) is 14.3. The molecule has 30 heavy (non-hydrogen) atoms. The molecule has 0 saturated carbocycles. The zero-order chi connectivity index (χ0) is 21.7. The van der Waals surface area contributed by atoms with Crippen molar-refractivity contribution in [2.24, 2.45) is 0 Å². The highest BCUT2D eigenvalue weighted by Crippen LogP contribution is 2.31. The van der Waals surface area contributed by atoms with Crippen molar-refractivity contribution in [1.29, 1.82) is 0 Å². The Hall–Kier alpha value is -2.69. The average molecular weight is 463 g/mol. The number of benzene rings is 1. The third-order valence-corrected chi connectivity index (χ3v) is 6.57. The summed E-state index contributed by atoms with van der Waals surface area (Å²) in [5, 5.41) is 23.2. The van der Waals surface area contributed by atoms with Crippen LogP contribution in [0.15, 0.2) is 46.7 Å². The van der Waals surface area contributed by atoms with Gasteiger partial charge < -0.3 is 15.5 Å². The van der Waals surface area contributed by atoms with Crippen molar-refractivity contribution in [3.8, 4) is 5.75 Å². The second-order valence-electron chi connectivity index (χ2n) is 6.37. The zero-order valence-corrected chi connectivity index (χ0v) is 18.1. The van der Waals surface area contributed by atoms with Crippen LogP contribution >= 0.6 is 35.3 Å². The molecule has 3 rings (SSSR count). The molecule has 0 radical (unpaired) electrons. The van der Waals surface area contributed by atoms with Gasteiger partial charge in [-0.05, 0) is 30.0 Å². The molecule has 2 heterocycles. The van der Waals surface area contributed by atoms with Gasteiger partial charge in [0.25, 0.3) is 5.91 Å². The molecule has 1 saturated heterocycles. The van der Waals surface area contributed by atoms with Gasteiger partial charge in [-0.25, -0.2) is 4.79 Å². The number of carbonyl (C=O) groups excluding carboxylic acids is 2. The second kappa shape index (κ2) is 9.88. The molecule has 1 aliphatic heterocycles. The standard InChI is InChI=1S/C20H18N2O5S3/c23-15-11-12(5-7-14(15)19(26)27)21-17(24)4-1-9-22-18(25)16(30-20(22)28)8-6-13-3-2-10-29-13/h2-3,5,7-8,10-11,23H,1,4,6,9H2,(H,21,24)(H,26,27)/b16-8-. The first-order valence-corrected chi connectivity index (χ1v) is 11.1. The highest BCUT2D eigenvalue weighted by Gasteiger charge is 2.31. The maximum atomic E-state index is 12.5. The maximum Gasteiger partial charge on any atom is 0.339 e. The molecule has 156 valence electrons. The minimum atomic E-state index is -1.25. The van der Waals surface area contributed by atoms with Gasteiger partial charge in [0, 0.05) is 36.0 Å². The molecule has 0 unspecified atom stereocenters. The molecular formula is C20H18N2O5S3. The molecule has 0 atom stereocenters. The number of thiophene rings is 1. The fourth-order valence-corrected chi connectivity index (χ4v) is 4.71. The van der Waals surface area contributed by atoms with E-state index < -0.39 is 11.7 Å². The summed E-state index contributed by atoms with van der Waals surface area (Å²) in [6.07, 6.45) is 3.12. The fourth-order valence-electron chi connectivity index (χ4n) is 2.76. The SMILES string of the molecule is O=C(CCCN1C(=O)/C(=C/Cc2cccs2)SC1=S)Nc1ccc(C(=O)O)c(O)c1. The van der Waals surface area contributed by atoms with Crippen LogP contribution in [0.2, 0.25) is 0 Å². The van der Waals surface area contributed by atoms with Gasteiger partial charge in [0.2, 0.25) is 5.91 Å². The van der Waals surface area contributed by atoms with Crippen molar-refractivity contribution in [3.63, 3.8) is 0 Å². The number of nitrogens with zero attached hydrogens (tertiary/aromatic N) is 1. The van der Waals surface area contributed by atoms with Crippen LogP contribution in [0.5, 0.6) is 5.75 Å². The Kier molecular flexibility index (Phi) is 7.24. The number of aromatic hydroxyl groups is 1. The van der Waals surface area contributed by atoms with Crippen LogP contribution < -0.4 is 5.32 Å². The number of allylic oxidation sites excluding steroid dienone is 1. The molecule has 2 aromatic rings. The van der Waals surface area contributed by atoms with Gasteiger partial charge in [-0.3, -0.25) is 14.5 Å². The minimum Gasteiger partial charge on any atom is -0.507 e. The van der Waals surface area contributed by atoms with E-state index in [1.54, 1.807) is 11.3 Å². The average Bonchev–Trinajstić information content (AvgIpc) is 3.29. The number of carboxylic acids is 1. The summed E-state index contributed by atoms with van der Waals surface area (Å²) >= 11 is 8.19. The lowest BCUT2D eigenvalue weighted by Gasteiger charge is -2.14. The van der Waals surface area contributed by atoms with Crippen LogP contribution in [0.3, 0.4) is 0 Å². The third-order valence-electron chi connectivity index (χ3n) is 4.24. The van der Waals surface area contributed by atoms with Gasteiger partial charge in [-0.15, -0.1) is 11.3 Å². The van der Waals surface area contributed by atoms with Gasteiger partial charge in [-0.2, -0.15) is 0 Å². The molecule has 1 fully saturated rings. The van der Waals surface area contributed by atoms with Gasteiger partial charge >= 0.3 is 5.97 Å². The van der Waals surface area contributed by atoms with Crippen LogP contribution in [0.1, 0.15) is 28.1 Å². The van der Waals surface area contributed by atoms with Crippen LogP contribution in [0.25, 0.3) is 0 Å². The van der Waals surface area contributed by atoms with Crippen molar-refractivity contribution in [2.45, 2.75) is 19.3 Å². The molecule has 7 nitrogen and oxygen atoms in total. The lowest BCUT2D eigenvalue weighted by molar-refractivity contribution is -0.122. The number of phenols is 1. The Morgan fingerprint density at radius 3 is 2.73 bits per heavy atom. The van der Waals surface area contributed by atoms with Crippen molar-refractivity contribution in [3.05, 3.63) is 57.1 Å². The summed E-state index contributed by atoms with van der Waals surface area (Å²) in [6, 6.07) is 7.78. The highest BCUT2D eigenvalue weighted by atomic mass is 32.2. The van der Waals surface area contributed by atoms with E-state index in [0.717, 1.165) is 0 Å². The number of rotatable bonds is 8. The maximum absolute atomic E-state index is 12.5. The van der Waals surface area contributed by atoms with E-state index in [1.165, 1.54) is 39.7 Å². The number of carbonyl (C=O) groups is 3. The predicted octanol–water partition coefficient (Wildman–Crippen LogP) is 3.86. The summed E-state index contributed by atoms with van der Waals surface area (Å²) in [7, 11) is 0. The lowest BCUT2D eigenvalue weighted by atomic mass is 10.1. The lowest BCUT2D eigenvalue weighted by Crippen LogP contribution is -2.29. The van der Waals surface area contributed by atoms with Crippen LogP contribution in [0.4, 0.5) is 5.69 Å². The normalized spacial score (nSPS) is 15.1. The van der Waals surface area contributed by atoms with E-state index in [2.05, 4.69) is 5.32 Å². The molecule has 10 heteroatoms. The van der Waals surface area contributed by atoms with E-state index in [-0.39, 0.29) is 23.8 Å². The predicted molar refractivity (Wildman–Crippen MR) is 121 cm³/mol. The first-order valence-electron chi connectivity index (χ1n) is 8.97. The van der Waals surface area contributed by atoms with Crippen molar-refractivity contribution >= 4 is 63.1 Å². The van der Waals surface area contributed by atoms with E-state index in [1.807, 2.05) is 23.6 Å². The molecule has 1 aromatic heterocycles. The molecular weight excluding hydrogens is 444 g/mol. The first kappa shape index (κ1) is 22.0. The van der Waals surface area contributed by atoms with Gasteiger partial charge in [0.05, 0.1) is 4.91 Å². The number of thiocarbonyl (C=S) groups is 1. The third kappa shape index (κ3) is 5.47. The van der Waals surface area contributed by atoms with Crippen molar-refractivity contribution in [2.75, 3.05) is 11.9 Å². The Bertz CT molecular complexity index is 1020. The summed E-state index contributed by atoms with van der Waals surface area (Å²) in [6.45, 7) is 0.331. The quantitative estimate of drug-likeness (QED) is 0.404. The van der Waals surface area contributed by atoms with Crippen molar-refractivity contribution in [1.82, 2.24) is 4.90 Å². The van der Waals surface area contributed by atoms with Crippen LogP contribution in [-0.2, 0) is 16.0 Å². The molecule has 0 aliphatic carbocycles. The van der Waals surface area contributed by atoms with E-state index in [4.69, 9.17) is 17.3 Å². The largest absolute Gasteiger partial charge is 0.507 e. The Labute approximate surface area is 186 Å². The van der Waals surface area contributed by atoms with E-state index in [9.17, 15) is 19.5 Å². The number of aromatic carboxylic acids is 1. The molecule has 0 bridgehead atoms. The Morgan fingerprint density at radius 1 is 1.27 bits per heavy atom. The number of thioether (sulfide) groups is 1. The number of hydrogen-bond donors (Lipinski definition) is 3. The smallest absolute Gasteiger partial charge is 0.339 e. The number of hydrogen-bond acceptors (Lipinski definition) is 7. The summed E-state index contributed by atoms with van der Waals surface area (Å²) in [4.78, 5) is 38.8. The Balaban J connectivity index is 1.48. The monoisotopic (exact) mass is 462 g/mol. The van der Waals surface area contributed by atoms with E-state index >= 15 is 0 Å². The highest BCUT2D eigenvalue weighted by molar-refractivity contribution is 8.26. The fraction of sp³-hybridized carbons (Fsp3) is 0.200. The van der Waals surface area contributed by atoms with Gasteiger partial charge in [0.15, 0.2) is 0 Å². The van der Waals surface area contributed by atoms with Crippen molar-refractivity contribution < 1.29 is 24.6 Å². The summed E-state index contributed by atoms with van der Waals surface area (Å²) in [5.41, 5.74) is 0.0547. The van der Waals surface area contributed by atoms with Gasteiger partial charge in [-0.1, -0.05) is 36.1 Å². The second-order valence-corrected chi connectivity index (χ2v) is 9.07. The Morgan fingerprint density at radius 2 is 2.07 bits per heavy atom. The topological polar surface area (TPSA) is 107 Å². The zero-order valence-electron chi connectivity index (χ0n) is 15.7. The molecule has 1 aromatic carbocycles. The number of amides is 2. The summed E-state index contributed by atoms with van der Waals surface area (Å²) < 4.78 is 0.479. The minimum absolute atomic E-state index is 0.142. The number of nitrogens with one attached hydrogen (secondary N) is 1. The van der Waals surface area contributed by atoms with Crippen LogP contribution in [-0.4, -0.2) is 43.8 Å². The molecule has 1 aliphatic rings. The molecule has 3 N–H and O–H groups in total. The summed E-state index contributed by atoms with van der Waals surface area (Å²) in [5.74, 6) is -2.13. The van der Waals surface area contributed by atoms with Gasteiger partial charge in [0.1, 0.15) is 15.6 Å². The number of anilines is 1. The number of carboxylic acid groups (broad SMARTS) is 1. The molecule has 0 spiro atoms. The van der Waals surface area contributed by atoms with Crippen LogP contribution in [0, 0.1) is 0 Å². The molecule has 2 amide bonds. The van der Waals surface area contributed by atoms with E-state index in [0.29, 0.717) is 34.3 Å².